The van der Waals surface area contributed by atoms with E-state index in [4.69, 9.17) is 5.73 Å². The number of amides is 2. The zero-order valence-corrected chi connectivity index (χ0v) is 9.27. The van der Waals surface area contributed by atoms with Gasteiger partial charge in [0.1, 0.15) is 5.75 Å². The second-order valence-corrected chi connectivity index (χ2v) is 3.58. The summed E-state index contributed by atoms with van der Waals surface area (Å²) in [5, 5.41) is 1.24. The van der Waals surface area contributed by atoms with Gasteiger partial charge >= 0.3 is 12.6 Å². The van der Waals surface area contributed by atoms with E-state index in [1.54, 1.807) is 18.2 Å². The molecular formula is C11H11F2N3O2. The van der Waals surface area contributed by atoms with Gasteiger partial charge in [-0.25, -0.2) is 9.80 Å². The number of urea groups is 1. The fraction of sp³-hybridized carbons (Fsp3) is 0.182. The number of nitrogens with one attached hydrogen (secondary N) is 1. The number of hydrogen-bond acceptors (Lipinski definition) is 3. The smallest absolute Gasteiger partial charge is 0.387 e. The van der Waals surface area contributed by atoms with Gasteiger partial charge in [-0.05, 0) is 35.9 Å². The summed E-state index contributed by atoms with van der Waals surface area (Å²) in [7, 11) is 0. The highest BCUT2D eigenvalue weighted by Crippen LogP contribution is 2.20. The van der Waals surface area contributed by atoms with E-state index in [-0.39, 0.29) is 5.75 Å². The monoisotopic (exact) mass is 255 g/mol. The average Bonchev–Trinajstić information content (AvgIpc) is 2.78. The van der Waals surface area contributed by atoms with Crippen molar-refractivity contribution in [1.29, 1.82) is 0 Å². The minimum Gasteiger partial charge on any atom is -0.435 e. The molecule has 0 saturated heterocycles. The van der Waals surface area contributed by atoms with Gasteiger partial charge in [0.15, 0.2) is 0 Å². The van der Waals surface area contributed by atoms with Crippen LogP contribution in [0, 0.1) is 0 Å². The molecule has 2 rings (SSSR count). The molecule has 0 radical (unpaired) electrons. The number of nitrogens with zero attached hydrogens (tertiary/aromatic N) is 1. The van der Waals surface area contributed by atoms with Gasteiger partial charge in [0, 0.05) is 0 Å². The van der Waals surface area contributed by atoms with Gasteiger partial charge in [0.2, 0.25) is 0 Å². The molecule has 18 heavy (non-hydrogen) atoms. The quantitative estimate of drug-likeness (QED) is 0.860. The molecule has 0 aliphatic carbocycles. The number of ether oxygens (including phenoxy) is 1. The van der Waals surface area contributed by atoms with Crippen molar-refractivity contribution in [2.24, 2.45) is 5.73 Å². The lowest BCUT2D eigenvalue weighted by Gasteiger charge is -2.15. The first-order valence-corrected chi connectivity index (χ1v) is 5.15. The Morgan fingerprint density at radius 3 is 2.56 bits per heavy atom. The molecule has 0 spiro atoms. The molecule has 3 N–H and O–H groups in total. The number of benzene rings is 1. The van der Waals surface area contributed by atoms with Gasteiger partial charge in [-0.15, -0.1) is 0 Å². The van der Waals surface area contributed by atoms with E-state index < -0.39 is 12.6 Å². The number of carbonyl (C=O) groups is 1. The van der Waals surface area contributed by atoms with Crippen LogP contribution in [0.15, 0.2) is 30.3 Å². The van der Waals surface area contributed by atoms with Gasteiger partial charge in [0.25, 0.3) is 0 Å². The lowest BCUT2D eigenvalue weighted by molar-refractivity contribution is -0.0498. The molecule has 0 unspecified atom stereocenters. The van der Waals surface area contributed by atoms with Crippen molar-refractivity contribution in [3.05, 3.63) is 35.9 Å². The Morgan fingerprint density at radius 1 is 1.39 bits per heavy atom. The Balaban J connectivity index is 2.05. The van der Waals surface area contributed by atoms with Gasteiger partial charge < -0.3 is 10.5 Å². The van der Waals surface area contributed by atoms with Crippen molar-refractivity contribution in [1.82, 2.24) is 10.4 Å². The highest BCUT2D eigenvalue weighted by molar-refractivity contribution is 5.76. The molecule has 2 amide bonds. The fourth-order valence-electron chi connectivity index (χ4n) is 1.56. The second kappa shape index (κ2) is 4.91. The molecule has 7 heteroatoms. The largest absolute Gasteiger partial charge is 0.435 e. The SMILES string of the molecule is NC(=O)N1CC=C(c2ccc(OC(F)F)cc2)N1. The van der Waals surface area contributed by atoms with Crippen LogP contribution < -0.4 is 15.9 Å². The van der Waals surface area contributed by atoms with Crippen LogP contribution in [0.1, 0.15) is 5.56 Å². The number of primary amides is 1. The summed E-state index contributed by atoms with van der Waals surface area (Å²) in [4.78, 5) is 10.9. The molecule has 0 atom stereocenters. The van der Waals surface area contributed by atoms with E-state index in [1.165, 1.54) is 17.1 Å². The Labute approximate surface area is 102 Å². The molecule has 1 aliphatic rings. The molecule has 1 heterocycles. The third-order valence-electron chi connectivity index (χ3n) is 2.39. The molecule has 0 fully saturated rings. The normalized spacial score (nSPS) is 14.4. The van der Waals surface area contributed by atoms with Crippen molar-refractivity contribution in [2.75, 3.05) is 6.54 Å². The molecule has 5 nitrogen and oxygen atoms in total. The van der Waals surface area contributed by atoms with Crippen molar-refractivity contribution in [3.8, 4) is 5.75 Å². The van der Waals surface area contributed by atoms with E-state index in [9.17, 15) is 13.6 Å². The van der Waals surface area contributed by atoms with Crippen molar-refractivity contribution in [3.63, 3.8) is 0 Å². The molecule has 1 aliphatic heterocycles. The maximum Gasteiger partial charge on any atom is 0.387 e. The summed E-state index contributed by atoms with van der Waals surface area (Å²) >= 11 is 0. The Hall–Kier alpha value is -2.31. The lowest BCUT2D eigenvalue weighted by Crippen LogP contribution is -2.41. The van der Waals surface area contributed by atoms with E-state index >= 15 is 0 Å². The number of nitrogens with two attached hydrogens (primary N) is 1. The molecule has 0 bridgehead atoms. The minimum atomic E-state index is -2.84. The van der Waals surface area contributed by atoms with Crippen molar-refractivity contribution < 1.29 is 18.3 Å². The Morgan fingerprint density at radius 2 is 2.06 bits per heavy atom. The Kier molecular flexibility index (Phi) is 3.31. The maximum absolute atomic E-state index is 12.0. The molecule has 0 aromatic heterocycles. The third-order valence-corrected chi connectivity index (χ3v) is 2.39. The van der Waals surface area contributed by atoms with Gasteiger partial charge in [0.05, 0.1) is 12.2 Å². The predicted molar refractivity (Wildman–Crippen MR) is 60.5 cm³/mol. The van der Waals surface area contributed by atoms with Crippen LogP contribution in [0.2, 0.25) is 0 Å². The van der Waals surface area contributed by atoms with Crippen LogP contribution in [0.3, 0.4) is 0 Å². The standard InChI is InChI=1S/C11H11F2N3O2/c12-10(13)18-8-3-1-7(2-4-8)9-5-6-16(15-9)11(14)17/h1-5,10,15H,6H2,(H2,14,17). The third kappa shape index (κ3) is 2.68. The highest BCUT2D eigenvalue weighted by atomic mass is 19.3. The zero-order valence-electron chi connectivity index (χ0n) is 9.27. The Bertz CT molecular complexity index is 474. The first kappa shape index (κ1) is 12.2. The predicted octanol–water partition coefficient (Wildman–Crippen LogP) is 1.53. The number of hydrogen-bond donors (Lipinski definition) is 2. The molecule has 96 valence electrons. The van der Waals surface area contributed by atoms with E-state index in [1.807, 2.05) is 0 Å². The van der Waals surface area contributed by atoms with Gasteiger partial charge in [-0.3, -0.25) is 5.43 Å². The van der Waals surface area contributed by atoms with Crippen LogP contribution in [0.25, 0.3) is 5.70 Å². The highest BCUT2D eigenvalue weighted by Gasteiger charge is 2.17. The second-order valence-electron chi connectivity index (χ2n) is 3.58. The van der Waals surface area contributed by atoms with Crippen LogP contribution in [-0.4, -0.2) is 24.2 Å². The summed E-state index contributed by atoms with van der Waals surface area (Å²) in [5.74, 6) is 0.0825. The molecular weight excluding hydrogens is 244 g/mol. The number of alkyl halides is 2. The average molecular weight is 255 g/mol. The molecule has 1 aromatic rings. The van der Waals surface area contributed by atoms with E-state index in [2.05, 4.69) is 10.2 Å². The van der Waals surface area contributed by atoms with Crippen LogP contribution in [-0.2, 0) is 0 Å². The minimum absolute atomic E-state index is 0.0825. The van der Waals surface area contributed by atoms with E-state index in [0.29, 0.717) is 12.2 Å². The molecule has 0 saturated carbocycles. The van der Waals surface area contributed by atoms with Gasteiger partial charge in [-0.1, -0.05) is 0 Å². The fourth-order valence-corrected chi connectivity index (χ4v) is 1.56. The summed E-state index contributed by atoms with van der Waals surface area (Å²) in [6, 6.07) is 5.49. The van der Waals surface area contributed by atoms with Gasteiger partial charge in [-0.2, -0.15) is 8.78 Å². The van der Waals surface area contributed by atoms with Crippen LogP contribution in [0.5, 0.6) is 5.75 Å². The van der Waals surface area contributed by atoms with E-state index in [0.717, 1.165) is 5.56 Å². The van der Waals surface area contributed by atoms with Crippen molar-refractivity contribution in [2.45, 2.75) is 6.61 Å². The number of halogens is 2. The first-order chi connectivity index (χ1) is 8.56. The number of rotatable bonds is 3. The number of hydrazine groups is 1. The summed E-state index contributed by atoms with van der Waals surface area (Å²) < 4.78 is 28.1. The lowest BCUT2D eigenvalue weighted by atomic mass is 10.1. The van der Waals surface area contributed by atoms with Crippen LogP contribution in [0.4, 0.5) is 13.6 Å². The summed E-state index contributed by atoms with van der Waals surface area (Å²) in [5.41, 5.74) is 9.35. The van der Waals surface area contributed by atoms with Crippen molar-refractivity contribution >= 4 is 11.7 Å². The topological polar surface area (TPSA) is 67.6 Å². The zero-order chi connectivity index (χ0) is 13.1. The first-order valence-electron chi connectivity index (χ1n) is 5.15. The van der Waals surface area contributed by atoms with Crippen LogP contribution >= 0.6 is 0 Å². The molecule has 1 aromatic carbocycles. The maximum atomic E-state index is 12.0. The number of carbonyl (C=O) groups excluding carboxylic acids is 1. The summed E-state index contributed by atoms with van der Waals surface area (Å²) in [6.07, 6.45) is 1.77. The summed E-state index contributed by atoms with van der Waals surface area (Å²) in [6.45, 7) is -2.48.